The molecular formula is C17H13Cl2N3O5S2. The third-order valence-corrected chi connectivity index (χ3v) is 6.99. The highest BCUT2D eigenvalue weighted by atomic mass is 35.5. The standard InChI is InChI=1S/C17H13Cl2N3O5S2/c18-12-6-13(19)14(29(24,25)22-10-1-2-10)5-11(12)17(23)26-7-15-20-16(21-27-15)9-3-4-28-8-9/h3-6,8,10,22H,1-2,7H2. The Balaban J connectivity index is 1.50. The Morgan fingerprint density at radius 1 is 1.31 bits per heavy atom. The Morgan fingerprint density at radius 3 is 2.79 bits per heavy atom. The summed E-state index contributed by atoms with van der Waals surface area (Å²) in [6.07, 6.45) is 1.52. The molecule has 152 valence electrons. The molecule has 2 heterocycles. The lowest BCUT2D eigenvalue weighted by molar-refractivity contribution is 0.0429. The van der Waals surface area contributed by atoms with Crippen LogP contribution in [0.15, 0.2) is 38.4 Å². The summed E-state index contributed by atoms with van der Waals surface area (Å²) in [7, 11) is -3.88. The summed E-state index contributed by atoms with van der Waals surface area (Å²) in [5.41, 5.74) is 0.653. The molecule has 1 saturated carbocycles. The molecule has 3 aromatic rings. The SMILES string of the molecule is O=C(OCc1nc(-c2ccsc2)no1)c1cc(S(=O)(=O)NC2CC2)c(Cl)cc1Cl. The van der Waals surface area contributed by atoms with Crippen LogP contribution in [0.4, 0.5) is 0 Å². The van der Waals surface area contributed by atoms with Gasteiger partial charge in [0.15, 0.2) is 6.61 Å². The highest BCUT2D eigenvalue weighted by molar-refractivity contribution is 7.89. The summed E-state index contributed by atoms with van der Waals surface area (Å²) in [5, 5.41) is 7.42. The van der Waals surface area contributed by atoms with Gasteiger partial charge in [0.05, 0.1) is 15.6 Å². The minimum Gasteiger partial charge on any atom is -0.452 e. The van der Waals surface area contributed by atoms with Crippen LogP contribution in [0.5, 0.6) is 0 Å². The van der Waals surface area contributed by atoms with Crippen LogP contribution in [0.25, 0.3) is 11.4 Å². The first kappa shape index (κ1) is 20.3. The van der Waals surface area contributed by atoms with Gasteiger partial charge in [-0.1, -0.05) is 28.4 Å². The third-order valence-electron chi connectivity index (χ3n) is 4.00. The fourth-order valence-electron chi connectivity index (χ4n) is 2.40. The number of sulfonamides is 1. The number of halogens is 2. The number of nitrogens with zero attached hydrogens (tertiary/aromatic N) is 2. The number of rotatable bonds is 7. The van der Waals surface area contributed by atoms with E-state index in [-0.39, 0.29) is 39.0 Å². The Hall–Kier alpha value is -1.98. The topological polar surface area (TPSA) is 111 Å². The zero-order chi connectivity index (χ0) is 20.6. The molecule has 0 aliphatic heterocycles. The smallest absolute Gasteiger partial charge is 0.340 e. The number of ether oxygens (including phenoxy) is 1. The molecule has 0 radical (unpaired) electrons. The molecule has 1 N–H and O–H groups in total. The van der Waals surface area contributed by atoms with Gasteiger partial charge in [0.1, 0.15) is 4.90 Å². The van der Waals surface area contributed by atoms with E-state index < -0.39 is 16.0 Å². The zero-order valence-corrected chi connectivity index (χ0v) is 17.7. The van der Waals surface area contributed by atoms with Crippen molar-refractivity contribution < 1.29 is 22.5 Å². The first-order valence-corrected chi connectivity index (χ1v) is 11.6. The molecule has 2 aromatic heterocycles. The van der Waals surface area contributed by atoms with Gasteiger partial charge in [-0.25, -0.2) is 17.9 Å². The van der Waals surface area contributed by atoms with Crippen molar-refractivity contribution in [2.75, 3.05) is 0 Å². The third kappa shape index (κ3) is 4.62. The van der Waals surface area contributed by atoms with Crippen molar-refractivity contribution >= 4 is 50.5 Å². The maximum absolute atomic E-state index is 12.5. The summed E-state index contributed by atoms with van der Waals surface area (Å²) >= 11 is 13.6. The van der Waals surface area contributed by atoms with Crippen LogP contribution < -0.4 is 4.72 Å². The molecule has 0 amide bonds. The van der Waals surface area contributed by atoms with Gasteiger partial charge >= 0.3 is 5.97 Å². The maximum atomic E-state index is 12.5. The molecule has 0 bridgehead atoms. The summed E-state index contributed by atoms with van der Waals surface area (Å²) in [4.78, 5) is 16.4. The predicted molar refractivity (Wildman–Crippen MR) is 107 cm³/mol. The average Bonchev–Trinajstić information content (AvgIpc) is 3.12. The number of hydrogen-bond acceptors (Lipinski definition) is 8. The predicted octanol–water partition coefficient (Wildman–Crippen LogP) is 3.90. The van der Waals surface area contributed by atoms with E-state index >= 15 is 0 Å². The summed E-state index contributed by atoms with van der Waals surface area (Å²) in [5.74, 6) is -0.376. The normalized spacial score (nSPS) is 14.1. The number of thiophene rings is 1. The molecule has 0 unspecified atom stereocenters. The van der Waals surface area contributed by atoms with Crippen molar-refractivity contribution in [2.45, 2.75) is 30.4 Å². The largest absolute Gasteiger partial charge is 0.452 e. The number of hydrogen-bond donors (Lipinski definition) is 1. The Bertz CT molecular complexity index is 1160. The minimum atomic E-state index is -3.88. The van der Waals surface area contributed by atoms with Crippen LogP contribution in [-0.4, -0.2) is 30.6 Å². The van der Waals surface area contributed by atoms with Gasteiger partial charge in [-0.05, 0) is 36.4 Å². The van der Waals surface area contributed by atoms with Gasteiger partial charge in [0.25, 0.3) is 5.89 Å². The van der Waals surface area contributed by atoms with Crippen LogP contribution in [0.1, 0.15) is 29.1 Å². The monoisotopic (exact) mass is 473 g/mol. The van der Waals surface area contributed by atoms with Crippen LogP contribution in [-0.2, 0) is 21.4 Å². The lowest BCUT2D eigenvalue weighted by Gasteiger charge is -2.11. The van der Waals surface area contributed by atoms with Crippen molar-refractivity contribution in [3.05, 3.63) is 50.5 Å². The van der Waals surface area contributed by atoms with E-state index in [4.69, 9.17) is 32.5 Å². The van der Waals surface area contributed by atoms with Gasteiger partial charge in [-0.2, -0.15) is 16.3 Å². The number of esters is 1. The van der Waals surface area contributed by atoms with E-state index in [0.29, 0.717) is 5.82 Å². The molecule has 4 rings (SSSR count). The fourth-order valence-corrected chi connectivity index (χ4v) is 5.19. The minimum absolute atomic E-state index is 0.0325. The number of aromatic nitrogens is 2. The van der Waals surface area contributed by atoms with Crippen molar-refractivity contribution in [2.24, 2.45) is 0 Å². The van der Waals surface area contributed by atoms with Crippen LogP contribution in [0.3, 0.4) is 0 Å². The Kier molecular flexibility index (Phi) is 5.63. The summed E-state index contributed by atoms with van der Waals surface area (Å²) < 4.78 is 37.6. The molecule has 29 heavy (non-hydrogen) atoms. The number of nitrogens with one attached hydrogen (secondary N) is 1. The molecule has 1 aromatic carbocycles. The van der Waals surface area contributed by atoms with E-state index in [1.54, 1.807) is 0 Å². The van der Waals surface area contributed by atoms with Gasteiger partial charge < -0.3 is 9.26 Å². The van der Waals surface area contributed by atoms with Crippen molar-refractivity contribution in [3.8, 4) is 11.4 Å². The Labute approximate surface area is 179 Å². The lowest BCUT2D eigenvalue weighted by Crippen LogP contribution is -2.26. The van der Waals surface area contributed by atoms with E-state index in [2.05, 4.69) is 14.9 Å². The molecular weight excluding hydrogens is 461 g/mol. The van der Waals surface area contributed by atoms with Gasteiger partial charge in [-0.3, -0.25) is 0 Å². The fraction of sp³-hybridized carbons (Fsp3) is 0.235. The van der Waals surface area contributed by atoms with Crippen LogP contribution >= 0.6 is 34.5 Å². The number of carbonyl (C=O) groups is 1. The quantitative estimate of drug-likeness (QED) is 0.517. The van der Waals surface area contributed by atoms with Gasteiger partial charge in [-0.15, -0.1) is 0 Å². The number of benzene rings is 1. The van der Waals surface area contributed by atoms with Gasteiger partial charge in [0, 0.05) is 17.0 Å². The summed E-state index contributed by atoms with van der Waals surface area (Å²) in [6, 6.07) is 4.01. The Morgan fingerprint density at radius 2 is 2.10 bits per heavy atom. The van der Waals surface area contributed by atoms with E-state index in [9.17, 15) is 13.2 Å². The molecule has 12 heteroatoms. The molecule has 0 atom stereocenters. The second-order valence-electron chi connectivity index (χ2n) is 6.26. The summed E-state index contributed by atoms with van der Waals surface area (Å²) in [6.45, 7) is -0.294. The molecule has 1 aliphatic carbocycles. The molecule has 0 saturated heterocycles. The lowest BCUT2D eigenvalue weighted by atomic mass is 10.2. The van der Waals surface area contributed by atoms with Crippen molar-refractivity contribution in [1.82, 2.24) is 14.9 Å². The highest BCUT2D eigenvalue weighted by Gasteiger charge is 2.30. The molecule has 1 fully saturated rings. The number of carbonyl (C=O) groups excluding carboxylic acids is 1. The molecule has 0 spiro atoms. The molecule has 8 nitrogen and oxygen atoms in total. The van der Waals surface area contributed by atoms with Crippen LogP contribution in [0, 0.1) is 0 Å². The maximum Gasteiger partial charge on any atom is 0.340 e. The second-order valence-corrected chi connectivity index (χ2v) is 9.53. The van der Waals surface area contributed by atoms with E-state index in [0.717, 1.165) is 24.5 Å². The van der Waals surface area contributed by atoms with E-state index in [1.807, 2.05) is 16.8 Å². The van der Waals surface area contributed by atoms with E-state index in [1.165, 1.54) is 17.4 Å². The zero-order valence-electron chi connectivity index (χ0n) is 14.6. The molecule has 1 aliphatic rings. The van der Waals surface area contributed by atoms with Crippen molar-refractivity contribution in [1.29, 1.82) is 0 Å². The van der Waals surface area contributed by atoms with Crippen LogP contribution in [0.2, 0.25) is 10.0 Å². The first-order valence-electron chi connectivity index (χ1n) is 8.37. The highest BCUT2D eigenvalue weighted by Crippen LogP contribution is 2.31. The van der Waals surface area contributed by atoms with Gasteiger partial charge in [0.2, 0.25) is 15.8 Å². The average molecular weight is 474 g/mol. The van der Waals surface area contributed by atoms with Crippen molar-refractivity contribution in [3.63, 3.8) is 0 Å². The second kappa shape index (κ2) is 8.04. The first-order chi connectivity index (χ1) is 13.8.